The molecule has 0 radical (unpaired) electrons. The fourth-order valence-electron chi connectivity index (χ4n) is 1.01. The molecule has 0 fully saturated rings. The largest absolute Gasteiger partial charge is 0.573 e. The number of ketones is 1. The highest BCUT2D eigenvalue weighted by atomic mass is 35.5. The lowest BCUT2D eigenvalue weighted by atomic mass is 10.1. The van der Waals surface area contributed by atoms with Crippen molar-refractivity contribution >= 4 is 17.4 Å². The monoisotopic (exact) mass is 256 g/mol. The third kappa shape index (κ3) is 3.37. The SMILES string of the molecule is O=C(CCl)c1ccc(F)cc1OC(F)(F)F. The molecule has 0 saturated carbocycles. The molecule has 0 saturated heterocycles. The summed E-state index contributed by atoms with van der Waals surface area (Å²) < 4.78 is 52.0. The van der Waals surface area contributed by atoms with Gasteiger partial charge in [0.1, 0.15) is 11.6 Å². The number of hydrogen-bond donors (Lipinski definition) is 0. The molecule has 0 atom stereocenters. The van der Waals surface area contributed by atoms with E-state index in [0.29, 0.717) is 6.07 Å². The number of alkyl halides is 4. The van der Waals surface area contributed by atoms with E-state index in [-0.39, 0.29) is 0 Å². The maximum Gasteiger partial charge on any atom is 0.573 e. The number of carbonyl (C=O) groups is 1. The molecule has 0 aliphatic rings. The summed E-state index contributed by atoms with van der Waals surface area (Å²) in [7, 11) is 0. The maximum absolute atomic E-state index is 12.7. The summed E-state index contributed by atoms with van der Waals surface area (Å²) in [6.45, 7) is 0. The van der Waals surface area contributed by atoms with Crippen LogP contribution >= 0.6 is 11.6 Å². The van der Waals surface area contributed by atoms with Crippen molar-refractivity contribution in [2.45, 2.75) is 6.36 Å². The molecule has 1 rings (SSSR count). The first-order valence-corrected chi connectivity index (χ1v) is 4.51. The number of benzene rings is 1. The molecule has 0 aliphatic carbocycles. The summed E-state index contributed by atoms with van der Waals surface area (Å²) in [5.41, 5.74) is -0.409. The van der Waals surface area contributed by atoms with E-state index in [2.05, 4.69) is 4.74 Å². The molecule has 0 heterocycles. The van der Waals surface area contributed by atoms with Crippen LogP contribution in [-0.4, -0.2) is 18.0 Å². The van der Waals surface area contributed by atoms with E-state index < -0.39 is 35.2 Å². The van der Waals surface area contributed by atoms with Crippen molar-refractivity contribution in [2.24, 2.45) is 0 Å². The van der Waals surface area contributed by atoms with Gasteiger partial charge < -0.3 is 4.74 Å². The van der Waals surface area contributed by atoms with Gasteiger partial charge in [-0.25, -0.2) is 4.39 Å². The minimum Gasteiger partial charge on any atom is -0.405 e. The van der Waals surface area contributed by atoms with Gasteiger partial charge in [-0.15, -0.1) is 24.8 Å². The van der Waals surface area contributed by atoms with Crippen molar-refractivity contribution in [2.75, 3.05) is 5.88 Å². The van der Waals surface area contributed by atoms with Crippen molar-refractivity contribution in [1.29, 1.82) is 0 Å². The lowest BCUT2D eigenvalue weighted by Gasteiger charge is -2.11. The Morgan fingerprint density at radius 1 is 1.38 bits per heavy atom. The zero-order valence-corrected chi connectivity index (χ0v) is 8.40. The highest BCUT2D eigenvalue weighted by molar-refractivity contribution is 6.30. The van der Waals surface area contributed by atoms with Crippen LogP contribution in [-0.2, 0) is 0 Å². The van der Waals surface area contributed by atoms with Gasteiger partial charge in [0.2, 0.25) is 0 Å². The molecule has 1 aromatic carbocycles. The van der Waals surface area contributed by atoms with Crippen molar-refractivity contribution < 1.29 is 27.1 Å². The molecule has 2 nitrogen and oxygen atoms in total. The third-order valence-corrected chi connectivity index (χ3v) is 1.83. The molecule has 0 spiro atoms. The molecule has 16 heavy (non-hydrogen) atoms. The third-order valence-electron chi connectivity index (χ3n) is 1.59. The summed E-state index contributed by atoms with van der Waals surface area (Å²) in [5.74, 6) is -3.12. The van der Waals surface area contributed by atoms with E-state index >= 15 is 0 Å². The van der Waals surface area contributed by atoms with Gasteiger partial charge in [0.25, 0.3) is 0 Å². The summed E-state index contributed by atoms with van der Waals surface area (Å²) in [5, 5.41) is 0. The van der Waals surface area contributed by atoms with Gasteiger partial charge >= 0.3 is 6.36 Å². The Morgan fingerprint density at radius 3 is 2.50 bits per heavy atom. The summed E-state index contributed by atoms with van der Waals surface area (Å²) in [4.78, 5) is 11.1. The predicted molar refractivity (Wildman–Crippen MR) is 48.1 cm³/mol. The zero-order chi connectivity index (χ0) is 12.3. The number of hydrogen-bond acceptors (Lipinski definition) is 2. The van der Waals surface area contributed by atoms with Crippen LogP contribution in [0.4, 0.5) is 17.6 Å². The van der Waals surface area contributed by atoms with E-state index in [1.54, 1.807) is 0 Å². The molecule has 7 heteroatoms. The first-order chi connectivity index (χ1) is 7.33. The van der Waals surface area contributed by atoms with Crippen LogP contribution in [0.2, 0.25) is 0 Å². The second-order valence-electron chi connectivity index (χ2n) is 2.75. The topological polar surface area (TPSA) is 26.3 Å². The van der Waals surface area contributed by atoms with Crippen LogP contribution in [0.25, 0.3) is 0 Å². The molecular formula is C9H5ClF4O2. The number of carbonyl (C=O) groups excluding carboxylic acids is 1. The van der Waals surface area contributed by atoms with Crippen LogP contribution in [0.5, 0.6) is 5.75 Å². The zero-order valence-electron chi connectivity index (χ0n) is 7.65. The van der Waals surface area contributed by atoms with Crippen LogP contribution < -0.4 is 4.74 Å². The van der Waals surface area contributed by atoms with E-state index in [0.717, 1.165) is 12.1 Å². The molecule has 0 bridgehead atoms. The average molecular weight is 257 g/mol. The molecule has 0 aliphatic heterocycles. The Hall–Kier alpha value is -1.30. The second kappa shape index (κ2) is 4.69. The number of Topliss-reactive ketones (excluding diaryl/α,β-unsaturated/α-hetero) is 1. The maximum atomic E-state index is 12.7. The minimum absolute atomic E-state index is 0.409. The first kappa shape index (κ1) is 12.8. The molecule has 0 aromatic heterocycles. The summed E-state index contributed by atoms with van der Waals surface area (Å²) >= 11 is 5.19. The summed E-state index contributed by atoms with van der Waals surface area (Å²) in [6.07, 6.45) is -4.99. The fourth-order valence-corrected chi connectivity index (χ4v) is 1.15. The smallest absolute Gasteiger partial charge is 0.405 e. The van der Waals surface area contributed by atoms with Gasteiger partial charge in [-0.1, -0.05) is 0 Å². The fraction of sp³-hybridized carbons (Fsp3) is 0.222. The molecular weight excluding hydrogens is 252 g/mol. The normalized spacial score (nSPS) is 11.3. The van der Waals surface area contributed by atoms with Gasteiger partial charge in [-0.05, 0) is 12.1 Å². The Morgan fingerprint density at radius 2 is 2.00 bits per heavy atom. The van der Waals surface area contributed by atoms with Crippen LogP contribution in [0.15, 0.2) is 18.2 Å². The first-order valence-electron chi connectivity index (χ1n) is 3.98. The van der Waals surface area contributed by atoms with Gasteiger partial charge in [0.05, 0.1) is 11.4 Å². The Kier molecular flexibility index (Phi) is 3.74. The number of halogens is 5. The second-order valence-corrected chi connectivity index (χ2v) is 3.01. The van der Waals surface area contributed by atoms with Crippen molar-refractivity contribution in [3.05, 3.63) is 29.6 Å². The molecule has 1 aromatic rings. The standard InChI is InChI=1S/C9H5ClF4O2/c10-4-7(15)6-2-1-5(11)3-8(6)16-9(12,13)14/h1-3H,4H2. The van der Waals surface area contributed by atoms with Crippen LogP contribution in [0, 0.1) is 5.82 Å². The lowest BCUT2D eigenvalue weighted by Crippen LogP contribution is -2.19. The van der Waals surface area contributed by atoms with Gasteiger partial charge in [-0.3, -0.25) is 4.79 Å². The molecule has 88 valence electrons. The molecule has 0 unspecified atom stereocenters. The Labute approximate surface area is 92.8 Å². The summed E-state index contributed by atoms with van der Waals surface area (Å²) in [6, 6.07) is 2.22. The highest BCUT2D eigenvalue weighted by Gasteiger charge is 2.33. The van der Waals surface area contributed by atoms with Gasteiger partial charge in [-0.2, -0.15) is 0 Å². The number of ether oxygens (including phenoxy) is 1. The highest BCUT2D eigenvalue weighted by Crippen LogP contribution is 2.27. The van der Waals surface area contributed by atoms with Crippen molar-refractivity contribution in [1.82, 2.24) is 0 Å². The molecule has 0 amide bonds. The van der Waals surface area contributed by atoms with Gasteiger partial charge in [0.15, 0.2) is 5.78 Å². The average Bonchev–Trinajstić information content (AvgIpc) is 2.14. The van der Waals surface area contributed by atoms with E-state index in [4.69, 9.17) is 11.6 Å². The van der Waals surface area contributed by atoms with Gasteiger partial charge in [0, 0.05) is 6.07 Å². The Balaban J connectivity index is 3.13. The Bertz CT molecular complexity index is 403. The van der Waals surface area contributed by atoms with Crippen molar-refractivity contribution in [3.63, 3.8) is 0 Å². The quantitative estimate of drug-likeness (QED) is 0.472. The minimum atomic E-state index is -4.99. The predicted octanol–water partition coefficient (Wildman–Crippen LogP) is 3.15. The van der Waals surface area contributed by atoms with E-state index in [9.17, 15) is 22.4 Å². The van der Waals surface area contributed by atoms with E-state index in [1.807, 2.05) is 0 Å². The lowest BCUT2D eigenvalue weighted by molar-refractivity contribution is -0.274. The van der Waals surface area contributed by atoms with Crippen LogP contribution in [0.1, 0.15) is 10.4 Å². The van der Waals surface area contributed by atoms with Crippen LogP contribution in [0.3, 0.4) is 0 Å². The molecule has 0 N–H and O–H groups in total. The van der Waals surface area contributed by atoms with E-state index in [1.165, 1.54) is 0 Å². The van der Waals surface area contributed by atoms with Crippen molar-refractivity contribution in [3.8, 4) is 5.75 Å². The number of rotatable bonds is 3.